The summed E-state index contributed by atoms with van der Waals surface area (Å²) < 4.78 is 24.5. The molecule has 21 heavy (non-hydrogen) atoms. The molecule has 2 aromatic rings. The molecule has 1 aliphatic rings. The van der Waals surface area contributed by atoms with Gasteiger partial charge in [0.1, 0.15) is 11.6 Å². The maximum absolute atomic E-state index is 12.3. The van der Waals surface area contributed by atoms with Gasteiger partial charge in [0.25, 0.3) is 0 Å². The van der Waals surface area contributed by atoms with Crippen LogP contribution in [0.3, 0.4) is 0 Å². The molecule has 112 valence electrons. The molecule has 0 unspecified atom stereocenters. The number of aromatic amines is 1. The van der Waals surface area contributed by atoms with E-state index in [1.807, 2.05) is 32.0 Å². The van der Waals surface area contributed by atoms with Gasteiger partial charge in [-0.1, -0.05) is 18.2 Å². The molecule has 0 saturated heterocycles. The number of rotatable bonds is 5. The number of hydrogen-bond acceptors (Lipinski definition) is 4. The van der Waals surface area contributed by atoms with Crippen molar-refractivity contribution in [2.75, 3.05) is 0 Å². The third-order valence-corrected chi connectivity index (χ3v) is 5.29. The van der Waals surface area contributed by atoms with Crippen LogP contribution in [-0.4, -0.2) is 23.6 Å². The quantitative estimate of drug-likeness (QED) is 0.920. The molecule has 3 rings (SSSR count). The van der Waals surface area contributed by atoms with Crippen molar-refractivity contribution < 1.29 is 8.42 Å². The molecule has 0 amide bonds. The van der Waals surface area contributed by atoms with Crippen LogP contribution in [0, 0.1) is 13.8 Å². The van der Waals surface area contributed by atoms with Crippen LogP contribution in [0.4, 0.5) is 0 Å². The van der Waals surface area contributed by atoms with Gasteiger partial charge in [-0.25, -0.2) is 13.4 Å². The average molecular weight is 305 g/mol. The summed E-state index contributed by atoms with van der Waals surface area (Å²) >= 11 is 0. The molecule has 1 aromatic carbocycles. The van der Waals surface area contributed by atoms with Crippen molar-refractivity contribution in [1.82, 2.24) is 15.2 Å². The van der Waals surface area contributed by atoms with Gasteiger partial charge in [0.05, 0.1) is 5.75 Å². The lowest BCUT2D eigenvalue weighted by Crippen LogP contribution is -2.09. The molecule has 0 aliphatic heterocycles. The molecule has 1 N–H and O–H groups in total. The van der Waals surface area contributed by atoms with E-state index >= 15 is 0 Å². The van der Waals surface area contributed by atoms with Crippen molar-refractivity contribution in [3.63, 3.8) is 0 Å². The Morgan fingerprint density at radius 2 is 1.95 bits per heavy atom. The number of nitrogens with zero attached hydrogens (tertiary/aromatic N) is 2. The zero-order chi connectivity index (χ0) is 15.0. The van der Waals surface area contributed by atoms with E-state index in [9.17, 15) is 8.42 Å². The monoisotopic (exact) mass is 305 g/mol. The molecule has 1 fully saturated rings. The average Bonchev–Trinajstić information content (AvgIpc) is 3.15. The van der Waals surface area contributed by atoms with Gasteiger partial charge in [-0.15, -0.1) is 0 Å². The van der Waals surface area contributed by atoms with E-state index in [2.05, 4.69) is 15.2 Å². The van der Waals surface area contributed by atoms with Gasteiger partial charge in [-0.2, -0.15) is 5.10 Å². The van der Waals surface area contributed by atoms with E-state index in [4.69, 9.17) is 0 Å². The first-order chi connectivity index (χ1) is 9.93. The van der Waals surface area contributed by atoms with Crippen LogP contribution in [0.5, 0.6) is 0 Å². The Morgan fingerprint density at radius 1 is 1.19 bits per heavy atom. The van der Waals surface area contributed by atoms with Crippen LogP contribution < -0.4 is 0 Å². The van der Waals surface area contributed by atoms with Crippen molar-refractivity contribution in [1.29, 1.82) is 0 Å². The molecule has 0 bridgehead atoms. The Kier molecular flexibility index (Phi) is 3.57. The van der Waals surface area contributed by atoms with Crippen LogP contribution in [0.25, 0.3) is 0 Å². The Bertz CT molecular complexity index is 761. The summed E-state index contributed by atoms with van der Waals surface area (Å²) in [7, 11) is -3.24. The van der Waals surface area contributed by atoms with Crippen molar-refractivity contribution in [3.8, 4) is 0 Å². The van der Waals surface area contributed by atoms with Gasteiger partial charge in [-0.3, -0.25) is 5.10 Å². The molecule has 1 aliphatic carbocycles. The van der Waals surface area contributed by atoms with E-state index in [-0.39, 0.29) is 11.5 Å². The first-order valence-corrected chi connectivity index (χ1v) is 8.93. The highest BCUT2D eigenvalue weighted by atomic mass is 32.2. The molecule has 0 atom stereocenters. The summed E-state index contributed by atoms with van der Waals surface area (Å²) in [6.07, 6.45) is 2.21. The molecule has 1 aromatic heterocycles. The number of aromatic nitrogens is 3. The number of benzene rings is 1. The minimum Gasteiger partial charge on any atom is -0.262 e. The van der Waals surface area contributed by atoms with Gasteiger partial charge in [-0.05, 0) is 43.4 Å². The molecule has 6 heteroatoms. The zero-order valence-corrected chi connectivity index (χ0v) is 13.1. The van der Waals surface area contributed by atoms with E-state index in [1.54, 1.807) is 0 Å². The summed E-state index contributed by atoms with van der Waals surface area (Å²) in [6, 6.07) is 5.76. The Labute approximate surface area is 124 Å². The lowest BCUT2D eigenvalue weighted by Gasteiger charge is -2.06. The topological polar surface area (TPSA) is 75.7 Å². The number of sulfone groups is 1. The molecular formula is C15H19N3O2S. The highest BCUT2D eigenvalue weighted by molar-refractivity contribution is 7.89. The van der Waals surface area contributed by atoms with Crippen molar-refractivity contribution in [2.45, 2.75) is 44.1 Å². The predicted molar refractivity (Wildman–Crippen MR) is 80.6 cm³/mol. The smallest absolute Gasteiger partial charge is 0.161 e. The number of hydrogen-bond donors (Lipinski definition) is 1. The number of aryl methyl sites for hydroxylation is 2. The molecule has 0 spiro atoms. The fourth-order valence-corrected chi connectivity index (χ4v) is 3.64. The molecular weight excluding hydrogens is 286 g/mol. The fourth-order valence-electron chi connectivity index (χ4n) is 2.31. The molecule has 1 saturated carbocycles. The van der Waals surface area contributed by atoms with Crippen LogP contribution in [0.2, 0.25) is 0 Å². The second-order valence-corrected chi connectivity index (χ2v) is 7.93. The molecule has 1 heterocycles. The van der Waals surface area contributed by atoms with Gasteiger partial charge in [0.15, 0.2) is 15.7 Å². The summed E-state index contributed by atoms with van der Waals surface area (Å²) in [6.45, 7) is 4.01. The van der Waals surface area contributed by atoms with Crippen LogP contribution in [0.1, 0.15) is 47.1 Å². The van der Waals surface area contributed by atoms with Gasteiger partial charge in [0.2, 0.25) is 0 Å². The Balaban J connectivity index is 1.71. The summed E-state index contributed by atoms with van der Waals surface area (Å²) in [4.78, 5) is 4.28. The number of H-pyrrole nitrogens is 1. The SMILES string of the molecule is Cc1ccc(CS(=O)(=O)Cc2nc(C3CC3)n[nH]2)cc1C. The maximum Gasteiger partial charge on any atom is 0.161 e. The molecule has 0 radical (unpaired) electrons. The first-order valence-electron chi connectivity index (χ1n) is 7.11. The minimum absolute atomic E-state index is 0.0353. The van der Waals surface area contributed by atoms with E-state index < -0.39 is 9.84 Å². The van der Waals surface area contributed by atoms with Crippen LogP contribution in [-0.2, 0) is 21.3 Å². The maximum atomic E-state index is 12.3. The second kappa shape index (κ2) is 5.26. The normalized spacial score (nSPS) is 15.3. The van der Waals surface area contributed by atoms with Gasteiger partial charge < -0.3 is 0 Å². The Hall–Kier alpha value is -1.69. The summed E-state index contributed by atoms with van der Waals surface area (Å²) in [5.74, 6) is 1.58. The van der Waals surface area contributed by atoms with Crippen LogP contribution >= 0.6 is 0 Å². The third kappa shape index (κ3) is 3.50. The highest BCUT2D eigenvalue weighted by Gasteiger charge is 2.28. The zero-order valence-electron chi connectivity index (χ0n) is 12.3. The van der Waals surface area contributed by atoms with Crippen LogP contribution in [0.15, 0.2) is 18.2 Å². The largest absolute Gasteiger partial charge is 0.262 e. The van der Waals surface area contributed by atoms with E-state index in [1.165, 1.54) is 5.56 Å². The van der Waals surface area contributed by atoms with Gasteiger partial charge >= 0.3 is 0 Å². The van der Waals surface area contributed by atoms with Gasteiger partial charge in [0, 0.05) is 5.92 Å². The van der Waals surface area contributed by atoms with Crippen molar-refractivity contribution in [2.24, 2.45) is 0 Å². The van der Waals surface area contributed by atoms with E-state index in [0.29, 0.717) is 11.7 Å². The summed E-state index contributed by atoms with van der Waals surface area (Å²) in [5, 5.41) is 6.84. The van der Waals surface area contributed by atoms with E-state index in [0.717, 1.165) is 29.8 Å². The summed E-state index contributed by atoms with van der Waals surface area (Å²) in [5.41, 5.74) is 3.10. The standard InChI is InChI=1S/C15H19N3O2S/c1-10-3-4-12(7-11(10)2)8-21(19,20)9-14-16-15(18-17-14)13-5-6-13/h3-4,7,13H,5-6,8-9H2,1-2H3,(H,16,17,18). The lowest BCUT2D eigenvalue weighted by molar-refractivity contribution is 0.593. The first kappa shape index (κ1) is 14.3. The number of nitrogens with one attached hydrogen (secondary N) is 1. The minimum atomic E-state index is -3.24. The lowest BCUT2D eigenvalue weighted by atomic mass is 10.1. The molecule has 5 nitrogen and oxygen atoms in total. The van der Waals surface area contributed by atoms with Crippen molar-refractivity contribution in [3.05, 3.63) is 46.5 Å². The fraction of sp³-hybridized carbons (Fsp3) is 0.467. The second-order valence-electron chi connectivity index (χ2n) is 5.87. The van der Waals surface area contributed by atoms with Crippen molar-refractivity contribution >= 4 is 9.84 Å². The third-order valence-electron chi connectivity index (χ3n) is 3.81. The predicted octanol–water partition coefficient (Wildman–Crippen LogP) is 2.41. The Morgan fingerprint density at radius 3 is 2.62 bits per heavy atom. The highest BCUT2D eigenvalue weighted by Crippen LogP contribution is 2.37.